The van der Waals surface area contributed by atoms with E-state index in [1.807, 2.05) is 114 Å². The minimum atomic E-state index is -3.36. The Bertz CT molecular complexity index is 3110. The van der Waals surface area contributed by atoms with Crippen molar-refractivity contribution in [3.8, 4) is 34.0 Å². The summed E-state index contributed by atoms with van der Waals surface area (Å²) in [6.07, 6.45) is 7.75. The Balaban J connectivity index is 0.000000375. The van der Waals surface area contributed by atoms with Gasteiger partial charge in [0.1, 0.15) is 23.1 Å². The molecule has 2 unspecified atom stereocenters. The number of benzene rings is 4. The van der Waals surface area contributed by atoms with Crippen molar-refractivity contribution < 1.29 is 46.1 Å². The normalized spacial score (nSPS) is 12.9. The van der Waals surface area contributed by atoms with Gasteiger partial charge in [0.15, 0.2) is 0 Å². The fourth-order valence-corrected chi connectivity index (χ4v) is 9.11. The highest BCUT2D eigenvalue weighted by atomic mass is 35.7. The molecule has 0 fully saturated rings. The van der Waals surface area contributed by atoms with Gasteiger partial charge in [0.05, 0.1) is 58.2 Å². The molecule has 7 N–H and O–H groups in total. The van der Waals surface area contributed by atoms with Crippen molar-refractivity contribution in [2.45, 2.75) is 111 Å². The molecule has 23 heteroatoms. The summed E-state index contributed by atoms with van der Waals surface area (Å²) < 4.78 is 59.5. The van der Waals surface area contributed by atoms with Crippen molar-refractivity contribution in [2.24, 2.45) is 19.8 Å². The van der Waals surface area contributed by atoms with E-state index in [0.717, 1.165) is 52.0 Å². The third-order valence-corrected chi connectivity index (χ3v) is 12.6. The molecule has 78 heavy (non-hydrogen) atoms. The number of hydrogen-bond acceptors (Lipinski definition) is 13. The fraction of sp³-hybridized carbons (Fsp3) is 0.418. The predicted octanol–water partition coefficient (Wildman–Crippen LogP) is 8.95. The summed E-state index contributed by atoms with van der Waals surface area (Å²) in [5.41, 5.74) is 12.3. The van der Waals surface area contributed by atoms with Gasteiger partial charge in [-0.05, 0) is 115 Å². The Kier molecular flexibility index (Phi) is 26.3. The molecule has 6 rings (SSSR count). The van der Waals surface area contributed by atoms with Gasteiger partial charge in [-0.1, -0.05) is 79.2 Å². The summed E-state index contributed by atoms with van der Waals surface area (Å²) in [5.74, 6) is 1.96. The molecule has 0 bridgehead atoms. The van der Waals surface area contributed by atoms with Gasteiger partial charge >= 0.3 is 0 Å². The molecule has 2 amide bonds. The molecule has 6 aromatic rings. The van der Waals surface area contributed by atoms with Gasteiger partial charge in [-0.2, -0.15) is 0 Å². The van der Waals surface area contributed by atoms with E-state index in [-0.39, 0.29) is 62.8 Å². The largest absolute Gasteiger partial charge is 0.489 e. The van der Waals surface area contributed by atoms with E-state index in [1.165, 1.54) is 0 Å². The van der Waals surface area contributed by atoms with Gasteiger partial charge in [-0.25, -0.2) is 31.5 Å². The summed E-state index contributed by atoms with van der Waals surface area (Å²) in [6, 6.07) is 24.6. The van der Waals surface area contributed by atoms with Crippen molar-refractivity contribution in [1.82, 2.24) is 34.5 Å². The highest BCUT2D eigenvalue weighted by Crippen LogP contribution is 2.29. The van der Waals surface area contributed by atoms with Crippen LogP contribution in [-0.2, 0) is 46.0 Å². The Morgan fingerprint density at radius 2 is 1.00 bits per heavy atom. The van der Waals surface area contributed by atoms with Crippen LogP contribution < -0.4 is 30.6 Å². The molecule has 18 nitrogen and oxygen atoms in total. The third-order valence-electron chi connectivity index (χ3n) is 11.2. The lowest BCUT2D eigenvalue weighted by atomic mass is 10.0. The molecule has 428 valence electrons. The second-order valence-corrected chi connectivity index (χ2v) is 24.7. The number of sulfonamides is 1. The van der Waals surface area contributed by atoms with Crippen LogP contribution in [0.4, 0.5) is 0 Å². The van der Waals surface area contributed by atoms with Crippen LogP contribution in [0.25, 0.3) is 22.5 Å². The molecule has 0 saturated carbocycles. The van der Waals surface area contributed by atoms with Crippen molar-refractivity contribution in [3.05, 3.63) is 141 Å². The minimum absolute atomic E-state index is 0. The molecule has 0 spiro atoms. The summed E-state index contributed by atoms with van der Waals surface area (Å²) in [4.78, 5) is 34.9. The van der Waals surface area contributed by atoms with Crippen LogP contribution in [0.5, 0.6) is 11.5 Å². The monoisotopic (exact) mass is 1180 g/mol. The second kappa shape index (κ2) is 30.7. The van der Waals surface area contributed by atoms with E-state index in [1.54, 1.807) is 47.9 Å². The first-order chi connectivity index (χ1) is 36.0. The van der Waals surface area contributed by atoms with E-state index in [2.05, 4.69) is 36.0 Å². The van der Waals surface area contributed by atoms with E-state index >= 15 is 0 Å². The Labute approximate surface area is 474 Å². The molecule has 0 aliphatic rings. The second-order valence-electron chi connectivity index (χ2n) is 19.1. The molecule has 0 radical (unpaired) electrons. The van der Waals surface area contributed by atoms with Crippen LogP contribution in [0, 0.1) is 0 Å². The number of nitrogens with zero attached hydrogens (tertiary/aromatic N) is 4. The van der Waals surface area contributed by atoms with Crippen LogP contribution in [0.1, 0.15) is 117 Å². The number of hydrogen-bond donors (Lipinski definition) is 6. The number of aromatic nitrogens is 4. The van der Waals surface area contributed by atoms with Crippen LogP contribution >= 0.6 is 33.9 Å². The van der Waals surface area contributed by atoms with Gasteiger partial charge in [0.2, 0.25) is 19.1 Å². The lowest BCUT2D eigenvalue weighted by Gasteiger charge is -2.19. The van der Waals surface area contributed by atoms with E-state index in [0.29, 0.717) is 64.2 Å². The molecule has 0 aliphatic carbocycles. The van der Waals surface area contributed by atoms with Crippen LogP contribution in [0.15, 0.2) is 97.3 Å². The number of nitrogens with two attached hydrogens (primary N) is 1. The highest BCUT2D eigenvalue weighted by Gasteiger charge is 2.21. The summed E-state index contributed by atoms with van der Waals surface area (Å²) in [5, 5.41) is 25.8. The van der Waals surface area contributed by atoms with Crippen molar-refractivity contribution in [3.63, 3.8) is 0 Å². The lowest BCUT2D eigenvalue weighted by molar-refractivity contribution is 0.0921. The molecule has 2 heterocycles. The third kappa shape index (κ3) is 22.3. The predicted molar refractivity (Wildman–Crippen MR) is 311 cm³/mol. The number of halogens is 3. The number of aliphatic hydroxyl groups is 2. The molecule has 0 aliphatic heterocycles. The van der Waals surface area contributed by atoms with Crippen LogP contribution in [0.2, 0.25) is 10.0 Å². The molecular weight excluding hydrogens is 1100 g/mol. The average Bonchev–Trinajstić information content (AvgIpc) is 3.92. The number of ether oxygens (including phenoxy) is 2. The van der Waals surface area contributed by atoms with Gasteiger partial charge in [0.25, 0.3) is 11.8 Å². The fourth-order valence-electron chi connectivity index (χ4n) is 7.91. The molecule has 4 atom stereocenters. The standard InChI is InChI=1S/C27H35ClN4O5S.C26H33ClN4O3.CH3ClO2S.CH4/c1-17(2)37-25-11-10-21(15-23(25)28)27(34)29-22(12-13-33)14-19-6-8-20(9-7-19)24-16-32(4)26(30-24)18(3)31-38(5,35)36;1-16(2)34-24-10-9-20(14-22(24)27)26(33)29-21(11-12-32)13-18-5-7-19(8-6-18)23-15-31(4)25(30-23)17(3)28;1-5(2,3)4;/h6-11,15-18,22,31,33H,12-14H2,1-5H3,(H,29,34);5-10,14-17,21,32H,11-13,28H2,1-4H3,(H,29,33);1H3;1H4/t18?,22-;17?,21-;;/m11../s1. The molecule has 0 saturated heterocycles. The van der Waals surface area contributed by atoms with E-state index in [4.69, 9.17) is 38.4 Å². The topological polar surface area (TPSA) is 259 Å². The Morgan fingerprint density at radius 1 is 0.641 bits per heavy atom. The maximum absolute atomic E-state index is 12.9. The zero-order valence-electron chi connectivity index (χ0n) is 44.9. The summed E-state index contributed by atoms with van der Waals surface area (Å²) in [7, 11) is 1.70. The van der Waals surface area contributed by atoms with Crippen molar-refractivity contribution >= 4 is 64.8 Å². The number of aryl methyl sites for hydroxylation is 2. The van der Waals surface area contributed by atoms with Gasteiger partial charge in [0, 0.05) is 84.7 Å². The maximum atomic E-state index is 12.9. The van der Waals surface area contributed by atoms with Gasteiger partial charge in [-0.3, -0.25) is 9.59 Å². The summed E-state index contributed by atoms with van der Waals surface area (Å²) in [6.45, 7) is 11.2. The summed E-state index contributed by atoms with van der Waals surface area (Å²) >= 11 is 12.6. The first-order valence-corrected chi connectivity index (χ1v) is 30.0. The quantitative estimate of drug-likeness (QED) is 0.0347. The number of amides is 2. The molecular formula is C55H75Cl3N8O10S2. The zero-order chi connectivity index (χ0) is 57.4. The number of aliphatic hydroxyl groups excluding tert-OH is 2. The number of nitrogens with one attached hydrogen (secondary N) is 3. The molecule has 2 aromatic heterocycles. The van der Waals surface area contributed by atoms with E-state index < -0.39 is 25.1 Å². The first kappa shape index (κ1) is 66.7. The minimum Gasteiger partial charge on any atom is -0.489 e. The van der Waals surface area contributed by atoms with Gasteiger partial charge < -0.3 is 45.2 Å². The average molecular weight is 1180 g/mol. The number of rotatable bonds is 22. The van der Waals surface area contributed by atoms with E-state index in [9.17, 15) is 36.6 Å². The molecule has 4 aromatic carbocycles. The number of imidazole rings is 2. The zero-order valence-corrected chi connectivity index (χ0v) is 48.8. The smallest absolute Gasteiger partial charge is 0.251 e. The first-order valence-electron chi connectivity index (χ1n) is 24.7. The Morgan fingerprint density at radius 3 is 1.31 bits per heavy atom. The van der Waals surface area contributed by atoms with Crippen molar-refractivity contribution in [2.75, 3.05) is 25.7 Å². The maximum Gasteiger partial charge on any atom is 0.251 e. The number of carbonyl (C=O) groups is 2. The van der Waals surface area contributed by atoms with Gasteiger partial charge in [-0.15, -0.1) is 0 Å². The van der Waals surface area contributed by atoms with Crippen LogP contribution in [-0.4, -0.2) is 108 Å². The number of carbonyl (C=O) groups excluding carboxylic acids is 2. The SMILES string of the molecule is C.CC(C)Oc1ccc(C(=O)N[C@H](CCO)Cc2ccc(-c3cn(C)c(C(C)N)n3)cc2)cc1Cl.CC(C)Oc1ccc(C(=O)N[C@H](CCO)Cc2ccc(-c3cn(C)c(C(C)NS(C)(=O)=O)n3)cc2)cc1Cl.CS(=O)(=O)Cl. The van der Waals surface area contributed by atoms with Crippen LogP contribution in [0.3, 0.4) is 0 Å². The van der Waals surface area contributed by atoms with Crippen molar-refractivity contribution in [1.29, 1.82) is 0 Å². The lowest BCUT2D eigenvalue weighted by Crippen LogP contribution is -2.37. The Hall–Kier alpha value is -5.55. The highest BCUT2D eigenvalue weighted by molar-refractivity contribution is 8.13.